The normalized spacial score (nSPS) is 12.0. The number of nitrogens with zero attached hydrogens (tertiary/aromatic N) is 3. The molecule has 0 saturated carbocycles. The van der Waals surface area contributed by atoms with Gasteiger partial charge in [0, 0.05) is 6.61 Å². The maximum absolute atomic E-state index is 11.4. The summed E-state index contributed by atoms with van der Waals surface area (Å²) in [4.78, 5) is 16.0. The molecule has 0 unspecified atom stereocenters. The van der Waals surface area contributed by atoms with E-state index in [-0.39, 0.29) is 11.6 Å². The average Bonchev–Trinajstić information content (AvgIpc) is 2.37. The molecular formula is C12H25N3O6. The summed E-state index contributed by atoms with van der Waals surface area (Å²) in [7, 11) is 1.55. The topological polar surface area (TPSA) is 107 Å². The fourth-order valence-electron chi connectivity index (χ4n) is 1.20. The number of aliphatic hydroxyl groups excluding tert-OH is 1. The van der Waals surface area contributed by atoms with Crippen molar-refractivity contribution in [1.82, 2.24) is 5.01 Å². The van der Waals surface area contributed by atoms with Crippen molar-refractivity contribution in [2.75, 3.05) is 27.0 Å². The van der Waals surface area contributed by atoms with Crippen molar-refractivity contribution in [3.8, 4) is 0 Å². The van der Waals surface area contributed by atoms with Gasteiger partial charge in [0.25, 0.3) is 6.79 Å². The predicted octanol–water partition coefficient (Wildman–Crippen LogP) is 1.80. The number of aliphatic hydroxyl groups is 1. The number of carbonyl (C=O) groups is 1. The number of ether oxygens (including phenoxy) is 2. The van der Waals surface area contributed by atoms with Crippen molar-refractivity contribution in [3.63, 3.8) is 0 Å². The molecule has 0 aromatic carbocycles. The Labute approximate surface area is 124 Å². The molecule has 0 atom stereocenters. The van der Waals surface area contributed by atoms with Crippen LogP contribution in [0.3, 0.4) is 0 Å². The van der Waals surface area contributed by atoms with E-state index >= 15 is 0 Å². The van der Waals surface area contributed by atoms with Gasteiger partial charge >= 0.3 is 6.16 Å². The highest BCUT2D eigenvalue weighted by Gasteiger charge is 2.17. The van der Waals surface area contributed by atoms with Crippen LogP contribution in [0.1, 0.15) is 40.0 Å². The Morgan fingerprint density at radius 3 is 2.57 bits per heavy atom. The Morgan fingerprint density at radius 1 is 1.33 bits per heavy atom. The lowest BCUT2D eigenvalue weighted by Gasteiger charge is -2.18. The van der Waals surface area contributed by atoms with E-state index < -0.39 is 18.5 Å². The lowest BCUT2D eigenvalue weighted by molar-refractivity contribution is -0.706. The third-order valence-corrected chi connectivity index (χ3v) is 2.18. The average molecular weight is 307 g/mol. The molecule has 0 aliphatic carbocycles. The number of hydrazine groups is 1. The number of unbranched alkanes of at least 4 members (excludes halogenated alkanes) is 2. The Morgan fingerprint density at radius 2 is 2.00 bits per heavy atom. The SMILES string of the molecule is CN(CCCCCO)[N+]([O-])=NOCOC(=O)OC(C)(C)C. The standard InChI is InChI=1S/C12H25N3O6/c1-12(2,3)21-11(17)19-10-20-13-15(18)14(4)8-6-5-7-9-16/h16H,5-10H2,1-4H3. The van der Waals surface area contributed by atoms with Gasteiger partial charge in [-0.2, -0.15) is 0 Å². The second-order valence-corrected chi connectivity index (χ2v) is 5.36. The Bertz CT molecular complexity index is 329. The molecule has 1 N–H and O–H groups in total. The van der Waals surface area contributed by atoms with Gasteiger partial charge in [-0.25, -0.2) is 4.79 Å². The van der Waals surface area contributed by atoms with Crippen LogP contribution in [0.5, 0.6) is 0 Å². The van der Waals surface area contributed by atoms with E-state index in [9.17, 15) is 10.0 Å². The molecule has 0 fully saturated rings. The minimum absolute atomic E-state index is 0.139. The molecule has 0 aliphatic heterocycles. The fraction of sp³-hybridized carbons (Fsp3) is 0.917. The molecule has 0 bridgehead atoms. The smallest absolute Gasteiger partial charge is 0.511 e. The first-order valence-corrected chi connectivity index (χ1v) is 6.74. The predicted molar refractivity (Wildman–Crippen MR) is 72.9 cm³/mol. The highest BCUT2D eigenvalue weighted by atomic mass is 16.8. The van der Waals surface area contributed by atoms with Crippen molar-refractivity contribution in [3.05, 3.63) is 5.21 Å². The number of hydrogen-bond donors (Lipinski definition) is 1. The van der Waals surface area contributed by atoms with Crippen molar-refractivity contribution in [2.45, 2.75) is 45.6 Å². The molecule has 0 saturated heterocycles. The van der Waals surface area contributed by atoms with E-state index in [1.807, 2.05) is 0 Å². The van der Waals surface area contributed by atoms with E-state index in [2.05, 4.69) is 14.9 Å². The van der Waals surface area contributed by atoms with Crippen LogP contribution in [0.15, 0.2) is 5.28 Å². The quantitative estimate of drug-likeness (QED) is 0.173. The van der Waals surface area contributed by atoms with Crippen molar-refractivity contribution >= 4 is 6.16 Å². The van der Waals surface area contributed by atoms with Gasteiger partial charge in [0.05, 0.1) is 18.6 Å². The van der Waals surface area contributed by atoms with Gasteiger partial charge in [-0.3, -0.25) is 0 Å². The minimum atomic E-state index is -0.896. The molecule has 0 aromatic heterocycles. The minimum Gasteiger partial charge on any atom is -0.569 e. The molecular weight excluding hydrogens is 282 g/mol. The number of carbonyl (C=O) groups excluding carboxylic acids is 1. The Kier molecular flexibility index (Phi) is 9.18. The summed E-state index contributed by atoms with van der Waals surface area (Å²) in [6.07, 6.45) is 1.37. The number of hydrogen-bond acceptors (Lipinski definition) is 7. The van der Waals surface area contributed by atoms with Crippen LogP contribution in [0.4, 0.5) is 4.79 Å². The highest BCUT2D eigenvalue weighted by molar-refractivity contribution is 5.60. The largest absolute Gasteiger partial charge is 0.569 e. The maximum Gasteiger partial charge on any atom is 0.511 e. The summed E-state index contributed by atoms with van der Waals surface area (Å²) < 4.78 is 9.44. The van der Waals surface area contributed by atoms with Gasteiger partial charge in [-0.05, 0) is 40.0 Å². The third-order valence-electron chi connectivity index (χ3n) is 2.18. The summed E-state index contributed by atoms with van der Waals surface area (Å²) in [5, 5.41) is 24.5. The molecule has 0 radical (unpaired) electrons. The zero-order chi connectivity index (χ0) is 16.3. The van der Waals surface area contributed by atoms with E-state index in [0.717, 1.165) is 12.8 Å². The second-order valence-electron chi connectivity index (χ2n) is 5.36. The molecule has 0 spiro atoms. The van der Waals surface area contributed by atoms with Crippen LogP contribution in [0.25, 0.3) is 0 Å². The maximum atomic E-state index is 11.4. The van der Waals surface area contributed by atoms with E-state index in [4.69, 9.17) is 9.84 Å². The fourth-order valence-corrected chi connectivity index (χ4v) is 1.20. The molecule has 0 amide bonds. The Balaban J connectivity index is 3.83. The van der Waals surface area contributed by atoms with Crippen LogP contribution >= 0.6 is 0 Å². The molecule has 9 heteroatoms. The zero-order valence-corrected chi connectivity index (χ0v) is 13.1. The summed E-state index contributed by atoms with van der Waals surface area (Å²) in [5.74, 6) is 0. The van der Waals surface area contributed by atoms with Crippen molar-refractivity contribution < 1.29 is 29.2 Å². The van der Waals surface area contributed by atoms with Crippen LogP contribution in [0, 0.1) is 5.21 Å². The van der Waals surface area contributed by atoms with Gasteiger partial charge in [-0.1, -0.05) is 0 Å². The summed E-state index contributed by atoms with van der Waals surface area (Å²) in [6.45, 7) is 5.20. The third kappa shape index (κ3) is 11.7. The summed E-state index contributed by atoms with van der Waals surface area (Å²) in [5.41, 5.74) is -0.659. The molecule has 9 nitrogen and oxygen atoms in total. The van der Waals surface area contributed by atoms with Gasteiger partial charge in [0.1, 0.15) is 5.60 Å². The lowest BCUT2D eigenvalue weighted by atomic mass is 10.2. The van der Waals surface area contributed by atoms with Crippen LogP contribution in [-0.4, -0.2) is 53.8 Å². The van der Waals surface area contributed by atoms with E-state index in [1.54, 1.807) is 27.8 Å². The van der Waals surface area contributed by atoms with Gasteiger partial charge in [0.2, 0.25) is 5.28 Å². The molecule has 0 aromatic rings. The molecule has 21 heavy (non-hydrogen) atoms. The van der Waals surface area contributed by atoms with Crippen LogP contribution in [-0.2, 0) is 14.3 Å². The first-order chi connectivity index (χ1) is 9.76. The second kappa shape index (κ2) is 10.0. The molecule has 124 valence electrons. The summed E-state index contributed by atoms with van der Waals surface area (Å²) >= 11 is 0. The first kappa shape index (κ1) is 19.2. The van der Waals surface area contributed by atoms with Gasteiger partial charge < -0.3 is 24.6 Å². The first-order valence-electron chi connectivity index (χ1n) is 6.74. The van der Waals surface area contributed by atoms with Crippen molar-refractivity contribution in [1.29, 1.82) is 0 Å². The zero-order valence-electron chi connectivity index (χ0n) is 13.1. The molecule has 0 aliphatic rings. The van der Waals surface area contributed by atoms with E-state index in [0.29, 0.717) is 13.0 Å². The highest BCUT2D eigenvalue weighted by Crippen LogP contribution is 2.07. The van der Waals surface area contributed by atoms with Crippen LogP contribution < -0.4 is 0 Å². The van der Waals surface area contributed by atoms with E-state index in [1.165, 1.54) is 5.01 Å². The van der Waals surface area contributed by atoms with Crippen molar-refractivity contribution in [2.24, 2.45) is 5.28 Å². The summed E-state index contributed by atoms with van der Waals surface area (Å²) in [6, 6.07) is 0. The number of rotatable bonds is 9. The van der Waals surface area contributed by atoms with Gasteiger partial charge in [-0.15, -0.1) is 5.01 Å². The molecule has 0 rings (SSSR count). The lowest BCUT2D eigenvalue weighted by Crippen LogP contribution is -2.28. The molecule has 0 heterocycles. The monoisotopic (exact) mass is 307 g/mol. The van der Waals surface area contributed by atoms with Crippen LogP contribution in [0.2, 0.25) is 0 Å². The Hall–Kier alpha value is -1.77. The van der Waals surface area contributed by atoms with Gasteiger partial charge in [0.15, 0.2) is 0 Å².